The third kappa shape index (κ3) is 4.25. The second-order valence-corrected chi connectivity index (χ2v) is 5.87. The summed E-state index contributed by atoms with van der Waals surface area (Å²) in [7, 11) is 0. The number of hydrazone groups is 1. The van der Waals surface area contributed by atoms with Gasteiger partial charge in [0, 0.05) is 17.4 Å². The van der Waals surface area contributed by atoms with Gasteiger partial charge in [0.2, 0.25) is 0 Å². The molecule has 0 aliphatic heterocycles. The highest BCUT2D eigenvalue weighted by atomic mass is 19.4. The molecular formula is C20H16F3N3O. The summed E-state index contributed by atoms with van der Waals surface area (Å²) < 4.78 is 40.1. The van der Waals surface area contributed by atoms with E-state index in [1.54, 1.807) is 0 Å². The largest absolute Gasteiger partial charge is 0.416 e. The van der Waals surface area contributed by atoms with Crippen LogP contribution in [-0.2, 0) is 6.18 Å². The van der Waals surface area contributed by atoms with Crippen molar-refractivity contribution in [1.82, 2.24) is 9.99 Å². The zero-order valence-corrected chi connectivity index (χ0v) is 14.4. The molecule has 0 saturated carbocycles. The maximum atomic E-state index is 12.7. The van der Waals surface area contributed by atoms with Crippen molar-refractivity contribution in [2.24, 2.45) is 5.10 Å². The van der Waals surface area contributed by atoms with E-state index in [1.165, 1.54) is 18.3 Å². The van der Waals surface area contributed by atoms with Crippen LogP contribution in [0, 0.1) is 6.92 Å². The van der Waals surface area contributed by atoms with Crippen molar-refractivity contribution in [1.29, 1.82) is 0 Å². The number of carbonyl (C=O) groups is 1. The second kappa shape index (κ2) is 7.49. The molecule has 0 aliphatic rings. The van der Waals surface area contributed by atoms with E-state index in [4.69, 9.17) is 0 Å². The Kier molecular flexibility index (Phi) is 5.12. The molecule has 0 spiro atoms. The molecule has 4 nitrogen and oxygen atoms in total. The van der Waals surface area contributed by atoms with Gasteiger partial charge in [-0.05, 0) is 48.9 Å². The lowest BCUT2D eigenvalue weighted by atomic mass is 10.1. The van der Waals surface area contributed by atoms with Gasteiger partial charge in [0.1, 0.15) is 0 Å². The van der Waals surface area contributed by atoms with Crippen LogP contribution in [-0.4, -0.2) is 16.7 Å². The van der Waals surface area contributed by atoms with Crippen LogP contribution < -0.4 is 5.43 Å². The first kappa shape index (κ1) is 18.4. The Labute approximate surface area is 153 Å². The maximum absolute atomic E-state index is 12.7. The van der Waals surface area contributed by atoms with Gasteiger partial charge in [-0.25, -0.2) is 5.43 Å². The Morgan fingerprint density at radius 1 is 1.07 bits per heavy atom. The van der Waals surface area contributed by atoms with Gasteiger partial charge in [-0.15, -0.1) is 0 Å². The third-order valence-corrected chi connectivity index (χ3v) is 3.97. The summed E-state index contributed by atoms with van der Waals surface area (Å²) >= 11 is 0. The molecule has 3 aromatic rings. The normalized spacial score (nSPS) is 11.7. The highest BCUT2D eigenvalue weighted by molar-refractivity contribution is 5.95. The summed E-state index contributed by atoms with van der Waals surface area (Å²) in [4.78, 5) is 12.1. The number of nitrogens with one attached hydrogen (secondary N) is 1. The molecule has 1 N–H and O–H groups in total. The number of nitrogens with zero attached hydrogens (tertiary/aromatic N) is 2. The SMILES string of the molecule is Cc1ccccc1-n1cccc1/C=N\NC(=O)c1cccc(C(F)(F)F)c1. The van der Waals surface area contributed by atoms with Crippen molar-refractivity contribution in [3.63, 3.8) is 0 Å². The summed E-state index contributed by atoms with van der Waals surface area (Å²) in [5.41, 5.74) is 4.01. The molecule has 0 saturated heterocycles. The quantitative estimate of drug-likeness (QED) is 0.530. The number of halogens is 3. The van der Waals surface area contributed by atoms with Gasteiger partial charge in [0.05, 0.1) is 17.5 Å². The van der Waals surface area contributed by atoms with Crippen LogP contribution >= 0.6 is 0 Å². The Morgan fingerprint density at radius 2 is 1.85 bits per heavy atom. The van der Waals surface area contributed by atoms with E-state index in [-0.39, 0.29) is 5.56 Å². The lowest BCUT2D eigenvalue weighted by Crippen LogP contribution is -2.18. The molecule has 1 amide bonds. The van der Waals surface area contributed by atoms with Crippen LogP contribution in [0.4, 0.5) is 13.2 Å². The topological polar surface area (TPSA) is 46.4 Å². The number of hydrogen-bond donors (Lipinski definition) is 1. The van der Waals surface area contributed by atoms with Crippen LogP contribution in [0.3, 0.4) is 0 Å². The molecule has 0 fully saturated rings. The number of alkyl halides is 3. The van der Waals surface area contributed by atoms with Gasteiger partial charge in [-0.1, -0.05) is 24.3 Å². The average molecular weight is 371 g/mol. The predicted molar refractivity (Wildman–Crippen MR) is 97.0 cm³/mol. The first-order valence-electron chi connectivity index (χ1n) is 8.10. The standard InChI is InChI=1S/C20H16F3N3O/c1-14-6-2-3-10-18(14)26-11-5-9-17(26)13-24-25-19(27)15-7-4-8-16(12-15)20(21,22)23/h2-13H,1H3,(H,25,27)/b24-13-. The molecule has 0 radical (unpaired) electrons. The predicted octanol–water partition coefficient (Wildman–Crippen LogP) is 4.57. The summed E-state index contributed by atoms with van der Waals surface area (Å²) in [6.07, 6.45) is -1.20. The Morgan fingerprint density at radius 3 is 2.59 bits per heavy atom. The first-order valence-corrected chi connectivity index (χ1v) is 8.10. The van der Waals surface area contributed by atoms with E-state index >= 15 is 0 Å². The zero-order valence-electron chi connectivity index (χ0n) is 14.4. The average Bonchev–Trinajstić information content (AvgIpc) is 3.09. The molecule has 0 bridgehead atoms. The fourth-order valence-corrected chi connectivity index (χ4v) is 2.61. The van der Waals surface area contributed by atoms with Crippen LogP contribution in [0.5, 0.6) is 0 Å². The Hall–Kier alpha value is -3.35. The fraction of sp³-hybridized carbons (Fsp3) is 0.100. The number of hydrogen-bond acceptors (Lipinski definition) is 2. The molecule has 138 valence electrons. The highest BCUT2D eigenvalue weighted by Crippen LogP contribution is 2.29. The Bertz CT molecular complexity index is 990. The van der Waals surface area contributed by atoms with Crippen molar-refractivity contribution in [3.8, 4) is 5.69 Å². The Balaban J connectivity index is 1.75. The van der Waals surface area contributed by atoms with Crippen LogP contribution in [0.15, 0.2) is 72.0 Å². The van der Waals surface area contributed by atoms with E-state index < -0.39 is 17.6 Å². The minimum Gasteiger partial charge on any atom is -0.315 e. The first-order chi connectivity index (χ1) is 12.9. The van der Waals surface area contributed by atoms with E-state index in [0.29, 0.717) is 5.69 Å². The number of benzene rings is 2. The van der Waals surface area contributed by atoms with Crippen molar-refractivity contribution < 1.29 is 18.0 Å². The lowest BCUT2D eigenvalue weighted by molar-refractivity contribution is -0.137. The van der Waals surface area contributed by atoms with Gasteiger partial charge < -0.3 is 4.57 Å². The molecule has 3 rings (SSSR count). The van der Waals surface area contributed by atoms with Gasteiger partial charge in [0.15, 0.2) is 0 Å². The monoisotopic (exact) mass is 371 g/mol. The zero-order chi connectivity index (χ0) is 19.4. The van der Waals surface area contributed by atoms with E-state index in [9.17, 15) is 18.0 Å². The number of para-hydroxylation sites is 1. The van der Waals surface area contributed by atoms with Gasteiger partial charge in [-0.3, -0.25) is 4.79 Å². The third-order valence-electron chi connectivity index (χ3n) is 3.97. The molecule has 1 aromatic heterocycles. The number of amides is 1. The molecule has 2 aromatic carbocycles. The summed E-state index contributed by atoms with van der Waals surface area (Å²) in [6.45, 7) is 1.98. The summed E-state index contributed by atoms with van der Waals surface area (Å²) in [6, 6.07) is 15.6. The molecule has 27 heavy (non-hydrogen) atoms. The summed E-state index contributed by atoms with van der Waals surface area (Å²) in [5.74, 6) is -0.716. The van der Waals surface area contributed by atoms with Crippen molar-refractivity contribution in [2.45, 2.75) is 13.1 Å². The van der Waals surface area contributed by atoms with Gasteiger partial charge in [0.25, 0.3) is 5.91 Å². The highest BCUT2D eigenvalue weighted by Gasteiger charge is 2.30. The second-order valence-electron chi connectivity index (χ2n) is 5.87. The molecule has 1 heterocycles. The molecule has 0 aliphatic carbocycles. The van der Waals surface area contributed by atoms with E-state index in [0.717, 1.165) is 23.4 Å². The van der Waals surface area contributed by atoms with Crippen LogP contribution in [0.1, 0.15) is 27.2 Å². The number of carbonyl (C=O) groups excluding carboxylic acids is 1. The molecule has 7 heteroatoms. The number of aryl methyl sites for hydroxylation is 1. The number of rotatable bonds is 4. The van der Waals surface area contributed by atoms with Crippen LogP contribution in [0.2, 0.25) is 0 Å². The minimum atomic E-state index is -4.51. The van der Waals surface area contributed by atoms with Crippen molar-refractivity contribution in [3.05, 3.63) is 89.2 Å². The van der Waals surface area contributed by atoms with E-state index in [2.05, 4.69) is 10.5 Å². The fourth-order valence-electron chi connectivity index (χ4n) is 2.61. The minimum absolute atomic E-state index is 0.115. The van der Waals surface area contributed by atoms with Crippen LogP contribution in [0.25, 0.3) is 5.69 Å². The van der Waals surface area contributed by atoms with Crippen molar-refractivity contribution >= 4 is 12.1 Å². The lowest BCUT2D eigenvalue weighted by Gasteiger charge is -2.09. The smallest absolute Gasteiger partial charge is 0.315 e. The maximum Gasteiger partial charge on any atom is 0.416 e. The van der Waals surface area contributed by atoms with Gasteiger partial charge in [-0.2, -0.15) is 18.3 Å². The summed E-state index contributed by atoms with van der Waals surface area (Å²) in [5, 5.41) is 3.87. The van der Waals surface area contributed by atoms with E-state index in [1.807, 2.05) is 54.1 Å². The van der Waals surface area contributed by atoms with Gasteiger partial charge >= 0.3 is 6.18 Å². The van der Waals surface area contributed by atoms with Crippen molar-refractivity contribution in [2.75, 3.05) is 0 Å². The molecule has 0 atom stereocenters. The number of aromatic nitrogens is 1. The molecular weight excluding hydrogens is 355 g/mol. The molecule has 0 unspecified atom stereocenters.